The van der Waals surface area contributed by atoms with E-state index in [9.17, 15) is 39.5 Å². The molecule has 0 amide bonds. The highest BCUT2D eigenvalue weighted by Gasteiger charge is 2.31. The van der Waals surface area contributed by atoms with Gasteiger partial charge in [-0.1, -0.05) is 36.4 Å². The van der Waals surface area contributed by atoms with Gasteiger partial charge in [0.25, 0.3) is 0 Å². The first-order chi connectivity index (χ1) is 18.9. The summed E-state index contributed by atoms with van der Waals surface area (Å²) in [5.41, 5.74) is -0.166. The zero-order valence-corrected chi connectivity index (χ0v) is 24.6. The summed E-state index contributed by atoms with van der Waals surface area (Å²) < 4.78 is 117. The molecule has 0 atom stereocenters. The van der Waals surface area contributed by atoms with Crippen LogP contribution in [0.4, 0.5) is 39.5 Å². The highest BCUT2D eigenvalue weighted by molar-refractivity contribution is 5.27. The van der Waals surface area contributed by atoms with Crippen LogP contribution < -0.4 is 17.0 Å². The van der Waals surface area contributed by atoms with Crippen molar-refractivity contribution in [2.45, 2.75) is 51.0 Å². The second-order valence-corrected chi connectivity index (χ2v) is 10.8. The lowest BCUT2D eigenvalue weighted by Crippen LogP contribution is -3.00. The summed E-state index contributed by atoms with van der Waals surface area (Å²) in [6.45, 7) is 2.41. The first-order valence-corrected chi connectivity index (χ1v) is 13.0. The topological polar surface area (TPSA) is 3.24 Å². The summed E-state index contributed by atoms with van der Waals surface area (Å²) >= 11 is 0. The van der Waals surface area contributed by atoms with Gasteiger partial charge in [0.1, 0.15) is 6.54 Å². The Morgan fingerprint density at radius 1 is 0.524 bits per heavy atom. The number of unbranched alkanes of at least 4 members (excludes halogenated alkanes) is 1. The molecule has 0 saturated heterocycles. The molecule has 12 heteroatoms. The lowest BCUT2D eigenvalue weighted by Gasteiger charge is -2.30. The summed E-state index contributed by atoms with van der Waals surface area (Å²) in [6.07, 6.45) is -11.8. The molecule has 2 nitrogen and oxygen atoms in total. The van der Waals surface area contributed by atoms with Crippen LogP contribution in [0, 0.1) is 0 Å². The number of hydrogen-bond donors (Lipinski definition) is 0. The van der Waals surface area contributed by atoms with Crippen LogP contribution in [-0.4, -0.2) is 36.6 Å². The van der Waals surface area contributed by atoms with E-state index in [1.807, 2.05) is 19.0 Å². The molecule has 0 heterocycles. The fraction of sp³-hybridized carbons (Fsp3) is 0.400. The smallest absolute Gasteiger partial charge is 0.416 e. The van der Waals surface area contributed by atoms with Gasteiger partial charge in [0.2, 0.25) is 0 Å². The van der Waals surface area contributed by atoms with Gasteiger partial charge in [0, 0.05) is 18.7 Å². The minimum Gasteiger partial charge on any atom is -1.00 e. The lowest BCUT2D eigenvalue weighted by molar-refractivity contribution is -0.903. The molecule has 0 spiro atoms. The maximum absolute atomic E-state index is 13.0. The molecule has 0 fully saturated rings. The number of quaternary nitrogens is 1. The first-order valence-electron chi connectivity index (χ1n) is 13.0. The highest BCUT2D eigenvalue weighted by Crippen LogP contribution is 2.31. The quantitative estimate of drug-likeness (QED) is 0.142. The SMILES string of the molecule is C[N+](C)(CCCCN(Cc1ccc(C(F)(F)F)cc1)Cc1ccc(C(F)(F)F)cc1)Cc1ccc(C(F)(F)F)cc1.[Br-]. The van der Waals surface area contributed by atoms with Gasteiger partial charge in [-0.3, -0.25) is 4.90 Å². The number of hydrogen-bond acceptors (Lipinski definition) is 1. The van der Waals surface area contributed by atoms with Crippen molar-refractivity contribution in [3.8, 4) is 0 Å². The lowest BCUT2D eigenvalue weighted by atomic mass is 10.1. The molecule has 42 heavy (non-hydrogen) atoms. The molecule has 0 radical (unpaired) electrons. The molecule has 0 saturated carbocycles. The third kappa shape index (κ3) is 11.3. The van der Waals surface area contributed by atoms with E-state index in [0.29, 0.717) is 48.2 Å². The Labute approximate surface area is 250 Å². The molecule has 0 aliphatic rings. The summed E-state index contributed by atoms with van der Waals surface area (Å²) in [4.78, 5) is 1.97. The van der Waals surface area contributed by atoms with Crippen LogP contribution in [0.3, 0.4) is 0 Å². The minimum absolute atomic E-state index is 0. The Morgan fingerprint density at radius 2 is 0.857 bits per heavy atom. The monoisotopic (exact) mass is 670 g/mol. The van der Waals surface area contributed by atoms with Gasteiger partial charge < -0.3 is 21.5 Å². The van der Waals surface area contributed by atoms with E-state index in [1.165, 1.54) is 36.4 Å². The van der Waals surface area contributed by atoms with Gasteiger partial charge >= 0.3 is 18.5 Å². The molecule has 0 aliphatic carbocycles. The summed E-state index contributed by atoms with van der Waals surface area (Å²) in [5, 5.41) is 0. The van der Waals surface area contributed by atoms with Crippen LogP contribution in [0.25, 0.3) is 0 Å². The van der Waals surface area contributed by atoms with E-state index in [-0.39, 0.29) is 17.0 Å². The first kappa shape index (κ1) is 35.6. The molecule has 0 aromatic heterocycles. The number of nitrogens with zero attached hydrogens (tertiary/aromatic N) is 2. The zero-order chi connectivity index (χ0) is 30.5. The minimum atomic E-state index is -4.45. The van der Waals surface area contributed by atoms with Crippen molar-refractivity contribution in [1.82, 2.24) is 4.90 Å². The van der Waals surface area contributed by atoms with E-state index in [1.54, 1.807) is 0 Å². The molecule has 0 bridgehead atoms. The van der Waals surface area contributed by atoms with Crippen LogP contribution in [0.15, 0.2) is 72.8 Å². The van der Waals surface area contributed by atoms with Crippen LogP contribution in [0.1, 0.15) is 46.2 Å². The third-order valence-electron chi connectivity index (χ3n) is 6.75. The van der Waals surface area contributed by atoms with Crippen molar-refractivity contribution in [2.75, 3.05) is 27.2 Å². The Bertz CT molecular complexity index is 1170. The largest absolute Gasteiger partial charge is 1.00 e. The molecule has 232 valence electrons. The standard InChI is InChI=1S/C30H32F9N2.BrH/c1-41(2,21-24-9-15-27(16-10-24)30(37,38)39)18-4-3-17-40(19-22-5-11-25(12-6-22)28(31,32)33)20-23-7-13-26(14-8-23)29(34,35)36;/h5-16H,3-4,17-21H2,1-2H3;1H/q+1;/p-1. The third-order valence-corrected chi connectivity index (χ3v) is 6.75. The van der Waals surface area contributed by atoms with Crippen LogP contribution in [0.5, 0.6) is 0 Å². The van der Waals surface area contributed by atoms with Gasteiger partial charge in [-0.25, -0.2) is 0 Å². The molecule has 0 aliphatic heterocycles. The predicted molar refractivity (Wildman–Crippen MR) is 138 cm³/mol. The summed E-state index contributed by atoms with van der Waals surface area (Å²) in [6, 6.07) is 14.7. The second kappa shape index (κ2) is 14.3. The number of alkyl halides is 9. The van der Waals surface area contributed by atoms with E-state index >= 15 is 0 Å². The molecular weight excluding hydrogens is 639 g/mol. The van der Waals surface area contributed by atoms with E-state index < -0.39 is 35.2 Å². The van der Waals surface area contributed by atoms with Gasteiger partial charge in [0.05, 0.1) is 37.3 Å². The van der Waals surface area contributed by atoms with E-state index in [0.717, 1.165) is 54.9 Å². The molecule has 0 unspecified atom stereocenters. The molecular formula is C30H32BrF9N2. The molecule has 3 aromatic rings. The average molecular weight is 671 g/mol. The van der Waals surface area contributed by atoms with Crippen molar-refractivity contribution < 1.29 is 61.0 Å². The number of benzene rings is 3. The van der Waals surface area contributed by atoms with Crippen molar-refractivity contribution in [3.05, 3.63) is 106 Å². The maximum atomic E-state index is 13.0. The van der Waals surface area contributed by atoms with Crippen LogP contribution in [0.2, 0.25) is 0 Å². The van der Waals surface area contributed by atoms with E-state index in [4.69, 9.17) is 0 Å². The van der Waals surface area contributed by atoms with Gasteiger partial charge in [-0.15, -0.1) is 0 Å². The highest BCUT2D eigenvalue weighted by atomic mass is 79.9. The van der Waals surface area contributed by atoms with Crippen molar-refractivity contribution in [3.63, 3.8) is 0 Å². The van der Waals surface area contributed by atoms with Crippen molar-refractivity contribution in [1.29, 1.82) is 0 Å². The Kier molecular flexibility index (Phi) is 12.1. The van der Waals surface area contributed by atoms with Gasteiger partial charge in [-0.05, 0) is 66.9 Å². The van der Waals surface area contributed by atoms with Crippen molar-refractivity contribution in [2.24, 2.45) is 0 Å². The fourth-order valence-electron chi connectivity index (χ4n) is 4.58. The molecule has 0 N–H and O–H groups in total. The molecule has 3 rings (SSSR count). The Balaban J connectivity index is 0.00000616. The van der Waals surface area contributed by atoms with Crippen molar-refractivity contribution >= 4 is 0 Å². The summed E-state index contributed by atoms with van der Waals surface area (Å²) in [5.74, 6) is 0. The predicted octanol–water partition coefficient (Wildman–Crippen LogP) is 5.81. The van der Waals surface area contributed by atoms with Gasteiger partial charge in [0.15, 0.2) is 0 Å². The number of halogens is 10. The summed E-state index contributed by atoms with van der Waals surface area (Å²) in [7, 11) is 3.94. The van der Waals surface area contributed by atoms with Gasteiger partial charge in [-0.2, -0.15) is 39.5 Å². The second-order valence-electron chi connectivity index (χ2n) is 10.8. The van der Waals surface area contributed by atoms with E-state index in [2.05, 4.69) is 0 Å². The van der Waals surface area contributed by atoms with Crippen LogP contribution in [-0.2, 0) is 38.2 Å². The Morgan fingerprint density at radius 3 is 1.19 bits per heavy atom. The maximum Gasteiger partial charge on any atom is 0.416 e. The average Bonchev–Trinajstić information content (AvgIpc) is 2.86. The zero-order valence-electron chi connectivity index (χ0n) is 23.1. The number of rotatable bonds is 11. The Hall–Kier alpha value is -2.57. The fourth-order valence-corrected chi connectivity index (χ4v) is 4.58. The normalized spacial score (nSPS) is 12.9. The molecule has 3 aromatic carbocycles. The van der Waals surface area contributed by atoms with Crippen LogP contribution >= 0.6 is 0 Å².